The third-order valence-electron chi connectivity index (χ3n) is 3.25. The molecule has 0 unspecified atom stereocenters. The van der Waals surface area contributed by atoms with E-state index in [0.717, 1.165) is 36.9 Å². The van der Waals surface area contributed by atoms with Gasteiger partial charge in [0.05, 0.1) is 16.4 Å². The maximum Gasteiger partial charge on any atom is 0.106 e. The van der Waals surface area contributed by atoms with Crippen LogP contribution in [0.3, 0.4) is 0 Å². The van der Waals surface area contributed by atoms with Gasteiger partial charge in [-0.1, -0.05) is 35.5 Å². The number of aliphatic imine (C=N–C) groups is 1. The summed E-state index contributed by atoms with van der Waals surface area (Å²) in [6, 6.07) is 8.02. The van der Waals surface area contributed by atoms with Crippen molar-refractivity contribution in [1.29, 1.82) is 0 Å². The number of aromatic nitrogens is 1. The minimum absolute atomic E-state index is 0.245. The van der Waals surface area contributed by atoms with Crippen LogP contribution in [-0.2, 0) is 0 Å². The second-order valence-electron chi connectivity index (χ2n) is 5.42. The van der Waals surface area contributed by atoms with E-state index in [4.69, 9.17) is 16.6 Å². The predicted molar refractivity (Wildman–Crippen MR) is 93.7 cm³/mol. The molecule has 0 spiro atoms. The molecule has 2 aromatic rings. The van der Waals surface area contributed by atoms with Crippen molar-refractivity contribution < 1.29 is 0 Å². The van der Waals surface area contributed by atoms with Crippen LogP contribution in [0.5, 0.6) is 0 Å². The lowest BCUT2D eigenvalue weighted by molar-refractivity contribution is 0.755. The minimum Gasteiger partial charge on any atom is -0.267 e. The molecule has 1 aromatic heterocycles. The van der Waals surface area contributed by atoms with E-state index < -0.39 is 0 Å². The average Bonchev–Trinajstić information content (AvgIpc) is 2.42. The van der Waals surface area contributed by atoms with Crippen LogP contribution in [0.25, 0.3) is 0 Å². The number of hydrogen-bond acceptors (Lipinski definition) is 3. The van der Waals surface area contributed by atoms with Crippen molar-refractivity contribution in [2.24, 2.45) is 4.99 Å². The molecule has 1 aliphatic rings. The van der Waals surface area contributed by atoms with Crippen LogP contribution in [0, 0.1) is 6.92 Å². The van der Waals surface area contributed by atoms with Gasteiger partial charge < -0.3 is 0 Å². The Labute approximate surface area is 142 Å². The third kappa shape index (κ3) is 2.89. The van der Waals surface area contributed by atoms with E-state index in [-0.39, 0.29) is 4.87 Å². The van der Waals surface area contributed by atoms with Gasteiger partial charge in [-0.15, -0.1) is 0 Å². The van der Waals surface area contributed by atoms with Gasteiger partial charge in [-0.25, -0.2) is 0 Å². The van der Waals surface area contributed by atoms with Crippen molar-refractivity contribution >= 4 is 45.0 Å². The van der Waals surface area contributed by atoms with E-state index in [0.29, 0.717) is 0 Å². The summed E-state index contributed by atoms with van der Waals surface area (Å²) >= 11 is 11.6. The Hall–Kier alpha value is -0.840. The van der Waals surface area contributed by atoms with Gasteiger partial charge >= 0.3 is 0 Å². The van der Waals surface area contributed by atoms with Crippen molar-refractivity contribution in [2.75, 3.05) is 0 Å². The Kier molecular flexibility index (Phi) is 3.89. The molecule has 0 aliphatic carbocycles. The van der Waals surface area contributed by atoms with Gasteiger partial charge in [-0.05, 0) is 48.8 Å². The Bertz CT molecular complexity index is 756. The summed E-state index contributed by atoms with van der Waals surface area (Å²) in [6.07, 6.45) is 1.87. The van der Waals surface area contributed by atoms with E-state index in [1.165, 1.54) is 0 Å². The highest BCUT2D eigenvalue weighted by Gasteiger charge is 2.29. The lowest BCUT2D eigenvalue weighted by atomic mass is 10.0. The molecule has 1 aromatic carbocycles. The van der Waals surface area contributed by atoms with Gasteiger partial charge in [0.15, 0.2) is 0 Å². The number of aryl methyl sites for hydroxylation is 1. The quantitative estimate of drug-likeness (QED) is 0.653. The molecule has 2 heterocycles. The number of halogens is 2. The molecule has 0 fully saturated rings. The van der Waals surface area contributed by atoms with Crippen LogP contribution in [0.1, 0.15) is 30.7 Å². The smallest absolute Gasteiger partial charge is 0.106 e. The molecule has 0 N–H and O–H groups in total. The molecule has 21 heavy (non-hydrogen) atoms. The van der Waals surface area contributed by atoms with E-state index in [1.807, 2.05) is 25.3 Å². The van der Waals surface area contributed by atoms with Crippen LogP contribution in [0.15, 0.2) is 44.8 Å². The first-order chi connectivity index (χ1) is 9.87. The van der Waals surface area contributed by atoms with E-state index >= 15 is 0 Å². The summed E-state index contributed by atoms with van der Waals surface area (Å²) in [6.45, 7) is 6.17. The first kappa shape index (κ1) is 15.1. The molecule has 3 rings (SSSR count). The topological polar surface area (TPSA) is 25.2 Å². The van der Waals surface area contributed by atoms with Crippen molar-refractivity contribution in [3.63, 3.8) is 0 Å². The molecule has 0 saturated heterocycles. The standard InChI is InChI=1S/C16H14BrClN2S/c1-9-12(17)7-10(8-19-9)14-11-5-4-6-13(18)15(11)21-16(2,3)20-14/h4-8H,1-3H3. The number of benzene rings is 1. The SMILES string of the molecule is Cc1ncc(C2=NC(C)(C)Sc3c(Cl)cccc32)cc1Br. The van der Waals surface area contributed by atoms with E-state index in [1.54, 1.807) is 11.8 Å². The maximum atomic E-state index is 6.38. The highest BCUT2D eigenvalue weighted by atomic mass is 79.9. The molecule has 0 saturated carbocycles. The molecule has 0 amide bonds. The van der Waals surface area contributed by atoms with Gasteiger partial charge in [0, 0.05) is 26.7 Å². The summed E-state index contributed by atoms with van der Waals surface area (Å²) in [5.41, 5.74) is 3.99. The Morgan fingerprint density at radius 1 is 1.29 bits per heavy atom. The molecular weight excluding hydrogens is 368 g/mol. The largest absolute Gasteiger partial charge is 0.267 e. The van der Waals surface area contributed by atoms with Crippen LogP contribution >= 0.6 is 39.3 Å². The van der Waals surface area contributed by atoms with Gasteiger partial charge in [0.1, 0.15) is 4.87 Å². The zero-order valence-corrected chi connectivity index (χ0v) is 15.1. The monoisotopic (exact) mass is 380 g/mol. The summed E-state index contributed by atoms with van der Waals surface area (Å²) < 4.78 is 0.988. The first-order valence-corrected chi connectivity index (χ1v) is 8.56. The molecule has 0 bridgehead atoms. The number of nitrogens with zero attached hydrogens (tertiary/aromatic N) is 2. The van der Waals surface area contributed by atoms with Crippen molar-refractivity contribution in [3.8, 4) is 0 Å². The van der Waals surface area contributed by atoms with Crippen molar-refractivity contribution in [2.45, 2.75) is 30.5 Å². The summed E-state index contributed by atoms with van der Waals surface area (Å²) in [5.74, 6) is 0. The summed E-state index contributed by atoms with van der Waals surface area (Å²) in [4.78, 5) is 10.2. The zero-order chi connectivity index (χ0) is 15.2. The number of hydrogen-bond donors (Lipinski definition) is 0. The molecule has 108 valence electrons. The van der Waals surface area contributed by atoms with Gasteiger partial charge in [-0.3, -0.25) is 9.98 Å². The van der Waals surface area contributed by atoms with Crippen molar-refractivity contribution in [1.82, 2.24) is 4.98 Å². The van der Waals surface area contributed by atoms with Crippen molar-refractivity contribution in [3.05, 3.63) is 56.8 Å². The van der Waals surface area contributed by atoms with Crippen LogP contribution in [0.4, 0.5) is 0 Å². The summed E-state index contributed by atoms with van der Waals surface area (Å²) in [7, 11) is 0. The minimum atomic E-state index is -0.245. The van der Waals surface area contributed by atoms with Crippen LogP contribution in [0.2, 0.25) is 5.02 Å². The fraction of sp³-hybridized carbons (Fsp3) is 0.250. The van der Waals surface area contributed by atoms with Gasteiger partial charge in [0.2, 0.25) is 0 Å². The molecule has 5 heteroatoms. The number of thioether (sulfide) groups is 1. The lowest BCUT2D eigenvalue weighted by Crippen LogP contribution is -2.22. The number of rotatable bonds is 1. The fourth-order valence-electron chi connectivity index (χ4n) is 2.26. The Balaban J connectivity index is 2.23. The third-order valence-corrected chi connectivity index (χ3v) is 5.72. The van der Waals surface area contributed by atoms with E-state index in [2.05, 4.69) is 46.9 Å². The lowest BCUT2D eigenvalue weighted by Gasteiger charge is -2.29. The van der Waals surface area contributed by atoms with Gasteiger partial charge in [-0.2, -0.15) is 0 Å². The molecular formula is C16H14BrClN2S. The number of fused-ring (bicyclic) bond motifs is 1. The van der Waals surface area contributed by atoms with Crippen LogP contribution in [-0.4, -0.2) is 15.6 Å². The molecule has 1 aliphatic heterocycles. The van der Waals surface area contributed by atoms with Crippen LogP contribution < -0.4 is 0 Å². The molecule has 0 atom stereocenters. The normalized spacial score (nSPS) is 16.3. The Morgan fingerprint density at radius 3 is 2.76 bits per heavy atom. The fourth-order valence-corrected chi connectivity index (χ4v) is 3.97. The second-order valence-corrected chi connectivity index (χ2v) is 8.29. The number of pyridine rings is 1. The second kappa shape index (κ2) is 5.41. The molecule has 0 radical (unpaired) electrons. The highest BCUT2D eigenvalue weighted by Crippen LogP contribution is 2.44. The zero-order valence-electron chi connectivity index (χ0n) is 11.9. The van der Waals surface area contributed by atoms with E-state index in [9.17, 15) is 0 Å². The molecule has 2 nitrogen and oxygen atoms in total. The summed E-state index contributed by atoms with van der Waals surface area (Å²) in [5, 5.41) is 0.775. The highest BCUT2D eigenvalue weighted by molar-refractivity contribution is 9.10. The maximum absolute atomic E-state index is 6.38. The van der Waals surface area contributed by atoms with Gasteiger partial charge in [0.25, 0.3) is 0 Å². The predicted octanol–water partition coefficient (Wildman–Crippen LogP) is 5.49. The average molecular weight is 382 g/mol. The Morgan fingerprint density at radius 2 is 2.05 bits per heavy atom. The first-order valence-electron chi connectivity index (χ1n) is 6.58.